The molecule has 0 fully saturated rings. The molecule has 1 amide bonds. The Balaban J connectivity index is 2.56. The molecule has 0 aromatic heterocycles. The Morgan fingerprint density at radius 2 is 1.95 bits per heavy atom. The average molecular weight is 267 g/mol. The first kappa shape index (κ1) is 15.1. The highest BCUT2D eigenvalue weighted by Gasteiger charge is 2.17. The second-order valence-electron chi connectivity index (χ2n) is 5.23. The molecule has 1 aromatic rings. The Labute approximate surface area is 112 Å². The second-order valence-corrected chi connectivity index (χ2v) is 5.23. The monoisotopic (exact) mass is 267 g/mol. The van der Waals surface area contributed by atoms with E-state index in [0.717, 1.165) is 6.07 Å². The summed E-state index contributed by atoms with van der Waals surface area (Å²) in [4.78, 5) is 23.1. The maximum absolute atomic E-state index is 13.3. The molecule has 0 heterocycles. The summed E-state index contributed by atoms with van der Waals surface area (Å²) in [6.45, 7) is 6.58. The molecule has 1 aromatic carbocycles. The van der Waals surface area contributed by atoms with E-state index in [-0.39, 0.29) is 12.1 Å². The number of nitrogens with one attached hydrogen (secondary N) is 1. The van der Waals surface area contributed by atoms with Crippen LogP contribution >= 0.6 is 0 Å². The number of hydrogen-bond donors (Lipinski definition) is 1. The van der Waals surface area contributed by atoms with Gasteiger partial charge in [-0.25, -0.2) is 4.39 Å². The van der Waals surface area contributed by atoms with E-state index in [1.54, 1.807) is 27.7 Å². The third-order valence-electron chi connectivity index (χ3n) is 2.25. The third kappa shape index (κ3) is 5.07. The quantitative estimate of drug-likeness (QED) is 0.854. The van der Waals surface area contributed by atoms with Crippen molar-refractivity contribution in [1.29, 1.82) is 0 Å². The molecule has 1 N–H and O–H groups in total. The summed E-state index contributed by atoms with van der Waals surface area (Å²) < 4.78 is 18.3. The maximum atomic E-state index is 13.3. The lowest BCUT2D eigenvalue weighted by Crippen LogP contribution is -2.34. The topological polar surface area (TPSA) is 55.4 Å². The summed E-state index contributed by atoms with van der Waals surface area (Å²) in [5.41, 5.74) is 0.0352. The van der Waals surface area contributed by atoms with E-state index >= 15 is 0 Å². The largest absolute Gasteiger partial charge is 0.459 e. The molecule has 0 atom stereocenters. The SMILES string of the molecule is Cc1ccc(C(=O)NCC(=O)OC(C)(C)C)cc1F. The Morgan fingerprint density at radius 1 is 1.32 bits per heavy atom. The van der Waals surface area contributed by atoms with Crippen LogP contribution in [-0.4, -0.2) is 24.0 Å². The number of esters is 1. The van der Waals surface area contributed by atoms with Crippen LogP contribution in [-0.2, 0) is 9.53 Å². The molecule has 0 aliphatic heterocycles. The molecule has 4 nitrogen and oxygen atoms in total. The lowest BCUT2D eigenvalue weighted by atomic mass is 10.1. The van der Waals surface area contributed by atoms with Gasteiger partial charge in [-0.3, -0.25) is 9.59 Å². The molecule has 0 saturated carbocycles. The van der Waals surface area contributed by atoms with E-state index in [2.05, 4.69) is 5.32 Å². The minimum atomic E-state index is -0.599. The zero-order chi connectivity index (χ0) is 14.6. The van der Waals surface area contributed by atoms with E-state index in [0.29, 0.717) is 5.56 Å². The van der Waals surface area contributed by atoms with Crippen LogP contribution in [0.1, 0.15) is 36.7 Å². The highest BCUT2D eigenvalue weighted by atomic mass is 19.1. The van der Waals surface area contributed by atoms with Gasteiger partial charge in [-0.2, -0.15) is 0 Å². The van der Waals surface area contributed by atoms with E-state index < -0.39 is 23.3 Å². The van der Waals surface area contributed by atoms with Gasteiger partial charge in [0.05, 0.1) is 0 Å². The minimum Gasteiger partial charge on any atom is -0.459 e. The lowest BCUT2D eigenvalue weighted by molar-refractivity contribution is -0.153. The van der Waals surface area contributed by atoms with E-state index in [4.69, 9.17) is 4.74 Å². The van der Waals surface area contributed by atoms with Crippen molar-refractivity contribution in [2.24, 2.45) is 0 Å². The fourth-order valence-electron chi connectivity index (χ4n) is 1.37. The summed E-state index contributed by atoms with van der Waals surface area (Å²) in [6, 6.07) is 4.15. The molecule has 5 heteroatoms. The molecule has 0 unspecified atom stereocenters. The first-order valence-electron chi connectivity index (χ1n) is 5.95. The van der Waals surface area contributed by atoms with Gasteiger partial charge in [-0.05, 0) is 45.4 Å². The van der Waals surface area contributed by atoms with Crippen LogP contribution < -0.4 is 5.32 Å². The maximum Gasteiger partial charge on any atom is 0.325 e. The number of amides is 1. The second kappa shape index (κ2) is 5.82. The summed E-state index contributed by atoms with van der Waals surface area (Å²) in [6.07, 6.45) is 0. The Morgan fingerprint density at radius 3 is 2.47 bits per heavy atom. The van der Waals surface area contributed by atoms with Gasteiger partial charge in [0.2, 0.25) is 0 Å². The summed E-state index contributed by atoms with van der Waals surface area (Å²) >= 11 is 0. The van der Waals surface area contributed by atoms with Crippen molar-refractivity contribution in [2.75, 3.05) is 6.54 Å². The first-order valence-corrected chi connectivity index (χ1v) is 5.95. The van der Waals surface area contributed by atoms with Crippen LogP contribution in [0.3, 0.4) is 0 Å². The Kier molecular flexibility index (Phi) is 4.64. The van der Waals surface area contributed by atoms with Crippen LogP contribution in [0.25, 0.3) is 0 Å². The number of ether oxygens (including phenoxy) is 1. The number of carbonyl (C=O) groups excluding carboxylic acids is 2. The van der Waals surface area contributed by atoms with E-state index in [9.17, 15) is 14.0 Å². The van der Waals surface area contributed by atoms with Gasteiger partial charge in [-0.1, -0.05) is 6.07 Å². The molecule has 0 radical (unpaired) electrons. The highest BCUT2D eigenvalue weighted by molar-refractivity contribution is 5.95. The van der Waals surface area contributed by atoms with Crippen molar-refractivity contribution in [3.8, 4) is 0 Å². The fourth-order valence-corrected chi connectivity index (χ4v) is 1.37. The van der Waals surface area contributed by atoms with Crippen LogP contribution in [0.15, 0.2) is 18.2 Å². The Hall–Kier alpha value is -1.91. The van der Waals surface area contributed by atoms with Crippen molar-refractivity contribution < 1.29 is 18.7 Å². The van der Waals surface area contributed by atoms with Crippen molar-refractivity contribution in [2.45, 2.75) is 33.3 Å². The number of aryl methyl sites for hydroxylation is 1. The van der Waals surface area contributed by atoms with Crippen molar-refractivity contribution >= 4 is 11.9 Å². The highest BCUT2D eigenvalue weighted by Crippen LogP contribution is 2.09. The van der Waals surface area contributed by atoms with Gasteiger partial charge in [-0.15, -0.1) is 0 Å². The predicted octanol–water partition coefficient (Wildman–Crippen LogP) is 2.21. The molecule has 1 rings (SSSR count). The van der Waals surface area contributed by atoms with Crippen LogP contribution in [0.4, 0.5) is 4.39 Å². The number of rotatable bonds is 3. The normalized spacial score (nSPS) is 11.0. The third-order valence-corrected chi connectivity index (χ3v) is 2.25. The first-order chi connectivity index (χ1) is 8.69. The van der Waals surface area contributed by atoms with E-state index in [1.807, 2.05) is 0 Å². The van der Waals surface area contributed by atoms with Crippen molar-refractivity contribution in [3.05, 3.63) is 35.1 Å². The van der Waals surface area contributed by atoms with Gasteiger partial charge in [0.15, 0.2) is 0 Å². The van der Waals surface area contributed by atoms with Gasteiger partial charge in [0, 0.05) is 5.56 Å². The van der Waals surface area contributed by atoms with Crippen LogP contribution in [0.2, 0.25) is 0 Å². The van der Waals surface area contributed by atoms with E-state index in [1.165, 1.54) is 12.1 Å². The molecular formula is C14H18FNO3. The van der Waals surface area contributed by atoms with Gasteiger partial charge < -0.3 is 10.1 Å². The number of halogens is 1. The van der Waals surface area contributed by atoms with Gasteiger partial charge in [0.25, 0.3) is 5.91 Å². The number of hydrogen-bond acceptors (Lipinski definition) is 3. The van der Waals surface area contributed by atoms with Crippen molar-refractivity contribution in [3.63, 3.8) is 0 Å². The summed E-state index contributed by atoms with van der Waals surface area (Å²) in [5, 5.41) is 2.39. The van der Waals surface area contributed by atoms with Crippen LogP contribution in [0, 0.1) is 12.7 Å². The molecule has 0 saturated heterocycles. The zero-order valence-corrected chi connectivity index (χ0v) is 11.5. The molecule has 104 valence electrons. The minimum absolute atomic E-state index is 0.173. The summed E-state index contributed by atoms with van der Waals surface area (Å²) in [5.74, 6) is -1.50. The molecule has 0 aliphatic carbocycles. The predicted molar refractivity (Wildman–Crippen MR) is 69.3 cm³/mol. The smallest absolute Gasteiger partial charge is 0.325 e. The Bertz CT molecular complexity index is 492. The van der Waals surface area contributed by atoms with Crippen molar-refractivity contribution in [1.82, 2.24) is 5.32 Å². The number of benzene rings is 1. The standard InChI is InChI=1S/C14H18FNO3/c1-9-5-6-10(7-11(9)15)13(18)16-8-12(17)19-14(2,3)4/h5-7H,8H2,1-4H3,(H,16,18). The van der Waals surface area contributed by atoms with Gasteiger partial charge in [0.1, 0.15) is 18.0 Å². The lowest BCUT2D eigenvalue weighted by Gasteiger charge is -2.19. The zero-order valence-electron chi connectivity index (χ0n) is 11.5. The van der Waals surface area contributed by atoms with Gasteiger partial charge >= 0.3 is 5.97 Å². The summed E-state index contributed by atoms with van der Waals surface area (Å²) in [7, 11) is 0. The number of carbonyl (C=O) groups is 2. The molecule has 0 bridgehead atoms. The fraction of sp³-hybridized carbons (Fsp3) is 0.429. The molecule has 0 spiro atoms. The molecular weight excluding hydrogens is 249 g/mol. The molecule has 19 heavy (non-hydrogen) atoms. The molecule has 0 aliphatic rings. The van der Waals surface area contributed by atoms with Crippen LogP contribution in [0.5, 0.6) is 0 Å². The average Bonchev–Trinajstić information content (AvgIpc) is 2.27.